The van der Waals surface area contributed by atoms with E-state index in [2.05, 4.69) is 30.1 Å². The lowest BCUT2D eigenvalue weighted by molar-refractivity contribution is 0.537. The third-order valence-corrected chi connectivity index (χ3v) is 2.17. The second-order valence-electron chi connectivity index (χ2n) is 3.48. The van der Waals surface area contributed by atoms with Gasteiger partial charge in [0.1, 0.15) is 0 Å². The van der Waals surface area contributed by atoms with Crippen LogP contribution in [0.2, 0.25) is 0 Å². The van der Waals surface area contributed by atoms with E-state index in [9.17, 15) is 0 Å². The first-order valence-corrected chi connectivity index (χ1v) is 5.10. The van der Waals surface area contributed by atoms with Gasteiger partial charge in [-0.3, -0.25) is 4.68 Å². The van der Waals surface area contributed by atoms with Gasteiger partial charge in [0.25, 0.3) is 0 Å². The lowest BCUT2D eigenvalue weighted by atomic mass is 10.1. The summed E-state index contributed by atoms with van der Waals surface area (Å²) in [6, 6.07) is 0.362. The molecular weight excluding hydrogens is 174 g/mol. The van der Waals surface area contributed by atoms with E-state index in [1.807, 2.05) is 24.0 Å². The summed E-state index contributed by atoms with van der Waals surface area (Å²) >= 11 is 0. The molecule has 0 fully saturated rings. The minimum atomic E-state index is 0.362. The minimum absolute atomic E-state index is 0.362. The highest BCUT2D eigenvalue weighted by molar-refractivity contribution is 5.11. The molecule has 0 aliphatic rings. The number of nitrogens with one attached hydrogen (secondary N) is 1. The van der Waals surface area contributed by atoms with Crippen LogP contribution in [0.1, 0.15) is 31.4 Å². The Balaban J connectivity index is 2.61. The summed E-state index contributed by atoms with van der Waals surface area (Å²) in [6.45, 7) is 6.98. The molecule has 1 atom stereocenters. The molecule has 0 aliphatic carbocycles. The van der Waals surface area contributed by atoms with Crippen LogP contribution in [0.4, 0.5) is 0 Å². The summed E-state index contributed by atoms with van der Waals surface area (Å²) in [7, 11) is 1.94. The van der Waals surface area contributed by atoms with Gasteiger partial charge in [0.2, 0.25) is 0 Å². The van der Waals surface area contributed by atoms with Gasteiger partial charge in [-0.2, -0.15) is 5.10 Å². The van der Waals surface area contributed by atoms with Crippen molar-refractivity contribution in [2.45, 2.75) is 25.8 Å². The molecule has 3 heteroatoms. The van der Waals surface area contributed by atoms with E-state index >= 15 is 0 Å². The maximum absolute atomic E-state index is 4.17. The fourth-order valence-electron chi connectivity index (χ4n) is 1.44. The maximum Gasteiger partial charge on any atom is 0.0537 e. The normalized spacial score (nSPS) is 12.7. The van der Waals surface area contributed by atoms with E-state index in [0.29, 0.717) is 6.04 Å². The van der Waals surface area contributed by atoms with Crippen molar-refractivity contribution in [2.75, 3.05) is 6.54 Å². The summed E-state index contributed by atoms with van der Waals surface area (Å²) in [5.41, 5.74) is 1.24. The SMILES string of the molecule is C=CCC(NCCC)c1cnn(C)c1. The first-order valence-electron chi connectivity index (χ1n) is 5.10. The summed E-state index contributed by atoms with van der Waals surface area (Å²) in [4.78, 5) is 0. The average Bonchev–Trinajstić information content (AvgIpc) is 2.59. The smallest absolute Gasteiger partial charge is 0.0537 e. The molecule has 0 saturated carbocycles. The fraction of sp³-hybridized carbons (Fsp3) is 0.545. The summed E-state index contributed by atoms with van der Waals surface area (Å²) in [5.74, 6) is 0. The molecule has 0 aromatic carbocycles. The van der Waals surface area contributed by atoms with Crippen molar-refractivity contribution in [3.63, 3.8) is 0 Å². The number of hydrogen-bond acceptors (Lipinski definition) is 2. The van der Waals surface area contributed by atoms with Crippen LogP contribution in [0.5, 0.6) is 0 Å². The molecule has 1 N–H and O–H groups in total. The molecule has 0 spiro atoms. The van der Waals surface area contributed by atoms with E-state index in [1.54, 1.807) is 0 Å². The lowest BCUT2D eigenvalue weighted by Crippen LogP contribution is -2.21. The number of aryl methyl sites for hydroxylation is 1. The van der Waals surface area contributed by atoms with E-state index in [1.165, 1.54) is 5.56 Å². The Labute approximate surface area is 85.8 Å². The van der Waals surface area contributed by atoms with Gasteiger partial charge in [-0.1, -0.05) is 13.0 Å². The maximum atomic E-state index is 4.17. The van der Waals surface area contributed by atoms with Crippen LogP contribution in [0.15, 0.2) is 25.0 Å². The Morgan fingerprint density at radius 3 is 3.00 bits per heavy atom. The van der Waals surface area contributed by atoms with Crippen LogP contribution < -0.4 is 5.32 Å². The largest absolute Gasteiger partial charge is 0.310 e. The molecular formula is C11H19N3. The van der Waals surface area contributed by atoms with E-state index < -0.39 is 0 Å². The van der Waals surface area contributed by atoms with Crippen molar-refractivity contribution in [2.24, 2.45) is 7.05 Å². The van der Waals surface area contributed by atoms with Crippen molar-refractivity contribution < 1.29 is 0 Å². The minimum Gasteiger partial charge on any atom is -0.310 e. The van der Waals surface area contributed by atoms with E-state index in [-0.39, 0.29) is 0 Å². The highest BCUT2D eigenvalue weighted by Gasteiger charge is 2.09. The second-order valence-corrected chi connectivity index (χ2v) is 3.48. The summed E-state index contributed by atoms with van der Waals surface area (Å²) in [5, 5.41) is 7.65. The van der Waals surface area contributed by atoms with Crippen LogP contribution >= 0.6 is 0 Å². The molecule has 0 radical (unpaired) electrons. The number of rotatable bonds is 6. The van der Waals surface area contributed by atoms with Crippen LogP contribution in [0.25, 0.3) is 0 Å². The third-order valence-electron chi connectivity index (χ3n) is 2.17. The van der Waals surface area contributed by atoms with Crippen molar-refractivity contribution in [3.8, 4) is 0 Å². The highest BCUT2D eigenvalue weighted by atomic mass is 15.2. The van der Waals surface area contributed by atoms with Gasteiger partial charge in [-0.15, -0.1) is 6.58 Å². The molecule has 1 unspecified atom stereocenters. The molecule has 1 aromatic rings. The van der Waals surface area contributed by atoms with Gasteiger partial charge in [0, 0.05) is 24.8 Å². The van der Waals surface area contributed by atoms with E-state index in [0.717, 1.165) is 19.4 Å². The number of hydrogen-bond donors (Lipinski definition) is 1. The summed E-state index contributed by atoms with van der Waals surface area (Å²) in [6.07, 6.45) is 8.01. The first-order chi connectivity index (χ1) is 6.77. The molecule has 0 saturated heterocycles. The van der Waals surface area contributed by atoms with Gasteiger partial charge in [0.15, 0.2) is 0 Å². The Morgan fingerprint density at radius 2 is 2.50 bits per heavy atom. The number of nitrogens with zero attached hydrogens (tertiary/aromatic N) is 2. The Bertz CT molecular complexity index is 278. The number of aromatic nitrogens is 2. The monoisotopic (exact) mass is 193 g/mol. The van der Waals surface area contributed by atoms with Crippen molar-refractivity contribution in [1.82, 2.24) is 15.1 Å². The quantitative estimate of drug-likeness (QED) is 0.701. The van der Waals surface area contributed by atoms with Crippen LogP contribution in [-0.4, -0.2) is 16.3 Å². The Morgan fingerprint density at radius 1 is 1.71 bits per heavy atom. The summed E-state index contributed by atoms with van der Waals surface area (Å²) < 4.78 is 1.83. The van der Waals surface area contributed by atoms with Crippen molar-refractivity contribution in [1.29, 1.82) is 0 Å². The average molecular weight is 193 g/mol. The Hall–Kier alpha value is -1.09. The topological polar surface area (TPSA) is 29.9 Å². The third kappa shape index (κ3) is 3.00. The zero-order valence-corrected chi connectivity index (χ0v) is 9.03. The van der Waals surface area contributed by atoms with E-state index in [4.69, 9.17) is 0 Å². The molecule has 14 heavy (non-hydrogen) atoms. The molecule has 1 rings (SSSR count). The van der Waals surface area contributed by atoms with Gasteiger partial charge in [-0.05, 0) is 19.4 Å². The van der Waals surface area contributed by atoms with Gasteiger partial charge < -0.3 is 5.32 Å². The lowest BCUT2D eigenvalue weighted by Gasteiger charge is -2.14. The molecule has 0 aliphatic heterocycles. The molecule has 1 heterocycles. The molecule has 78 valence electrons. The standard InChI is InChI=1S/C11H19N3/c1-4-6-11(12-7-5-2)10-8-13-14(3)9-10/h4,8-9,11-12H,1,5-7H2,2-3H3. The van der Waals surface area contributed by atoms with Crippen LogP contribution in [0.3, 0.4) is 0 Å². The second kappa shape index (κ2) is 5.60. The zero-order valence-electron chi connectivity index (χ0n) is 9.03. The van der Waals surface area contributed by atoms with Gasteiger partial charge in [-0.25, -0.2) is 0 Å². The van der Waals surface area contributed by atoms with Crippen LogP contribution in [0, 0.1) is 0 Å². The molecule has 1 aromatic heterocycles. The van der Waals surface area contributed by atoms with Gasteiger partial charge in [0.05, 0.1) is 6.20 Å². The van der Waals surface area contributed by atoms with Crippen LogP contribution in [-0.2, 0) is 7.05 Å². The first kappa shape index (κ1) is 11.0. The molecule has 0 amide bonds. The fourth-order valence-corrected chi connectivity index (χ4v) is 1.44. The van der Waals surface area contributed by atoms with Gasteiger partial charge >= 0.3 is 0 Å². The molecule has 0 bridgehead atoms. The zero-order chi connectivity index (χ0) is 10.4. The van der Waals surface area contributed by atoms with Crippen molar-refractivity contribution in [3.05, 3.63) is 30.6 Å². The Kier molecular flexibility index (Phi) is 4.40. The van der Waals surface area contributed by atoms with Crippen molar-refractivity contribution >= 4 is 0 Å². The highest BCUT2D eigenvalue weighted by Crippen LogP contribution is 2.15. The predicted octanol–water partition coefficient (Wildman–Crippen LogP) is 2.04. The predicted molar refractivity (Wildman–Crippen MR) is 59.1 cm³/mol. The molecule has 3 nitrogen and oxygen atoms in total.